The number of hydrogen-bond donors (Lipinski definition) is 2. The van der Waals surface area contributed by atoms with Gasteiger partial charge in [0.05, 0.1) is 6.04 Å². The molecule has 0 amide bonds. The molecule has 0 saturated heterocycles. The molecule has 0 bridgehead atoms. The maximum absolute atomic E-state index is 12.7. The minimum Gasteiger partial charge on any atom is -0.382 e. The molecule has 96 valence electrons. The van der Waals surface area contributed by atoms with Gasteiger partial charge in [0.1, 0.15) is 0 Å². The average molecular weight is 259 g/mol. The number of aliphatic hydroxyl groups excluding tert-OH is 1. The molecule has 1 rings (SSSR count). The Bertz CT molecular complexity index is 395. The Morgan fingerprint density at radius 1 is 1.06 bits per heavy atom. The molecule has 0 aliphatic carbocycles. The van der Waals surface area contributed by atoms with Gasteiger partial charge in [-0.2, -0.15) is 13.2 Å². The van der Waals surface area contributed by atoms with Gasteiger partial charge in [0, 0.05) is 0 Å². The van der Waals surface area contributed by atoms with Crippen LogP contribution in [0.25, 0.3) is 0 Å². The van der Waals surface area contributed by atoms with Crippen molar-refractivity contribution in [3.05, 3.63) is 35.1 Å². The molecule has 0 aliphatic rings. The van der Waals surface area contributed by atoms with Crippen molar-refractivity contribution in [2.45, 2.75) is 18.3 Å². The maximum atomic E-state index is 12.7. The van der Waals surface area contributed by atoms with Crippen molar-refractivity contribution in [1.29, 1.82) is 0 Å². The third-order valence-electron chi connectivity index (χ3n) is 2.07. The van der Waals surface area contributed by atoms with Gasteiger partial charge < -0.3 is 10.8 Å². The van der Waals surface area contributed by atoms with Gasteiger partial charge in [0.2, 0.25) is 0 Å². The third-order valence-corrected chi connectivity index (χ3v) is 2.07. The second kappa shape index (κ2) is 4.53. The lowest BCUT2D eigenvalue weighted by Crippen LogP contribution is -2.39. The molecular formula is C9H7F6NO. The molecule has 3 N–H and O–H groups in total. The van der Waals surface area contributed by atoms with Crippen LogP contribution in [0.5, 0.6) is 0 Å². The van der Waals surface area contributed by atoms with Gasteiger partial charge in [-0.05, 0) is 17.7 Å². The second-order valence-electron chi connectivity index (χ2n) is 3.31. The number of nitrogens with two attached hydrogens (primary N) is 1. The molecule has 8 heteroatoms. The standard InChI is InChI=1S/C9H7F6NO/c10-4-1-3(2-5(11)6(4)12)7(16)8(17)9(13,14)15/h1-2,7-8,17H,16H2/t7-,8-/m1/s1. The molecule has 0 spiro atoms. The van der Waals surface area contributed by atoms with Crippen molar-refractivity contribution in [2.24, 2.45) is 5.73 Å². The molecule has 2 atom stereocenters. The molecule has 0 fully saturated rings. The van der Waals surface area contributed by atoms with Gasteiger partial charge in [-0.1, -0.05) is 0 Å². The first kappa shape index (κ1) is 13.8. The van der Waals surface area contributed by atoms with Gasteiger partial charge in [0.15, 0.2) is 23.6 Å². The van der Waals surface area contributed by atoms with Crippen LogP contribution in [0.2, 0.25) is 0 Å². The molecule has 0 saturated carbocycles. The Hall–Kier alpha value is -1.28. The average Bonchev–Trinajstić information content (AvgIpc) is 2.21. The highest BCUT2D eigenvalue weighted by molar-refractivity contribution is 5.23. The first-order valence-corrected chi connectivity index (χ1v) is 4.29. The molecule has 1 aromatic carbocycles. The summed E-state index contributed by atoms with van der Waals surface area (Å²) < 4.78 is 74.2. The van der Waals surface area contributed by atoms with Gasteiger partial charge in [0.25, 0.3) is 0 Å². The first-order chi connectivity index (χ1) is 7.64. The Morgan fingerprint density at radius 3 is 1.82 bits per heavy atom. The van der Waals surface area contributed by atoms with Crippen LogP contribution in [0.3, 0.4) is 0 Å². The monoisotopic (exact) mass is 259 g/mol. The van der Waals surface area contributed by atoms with Crippen LogP contribution >= 0.6 is 0 Å². The molecular weight excluding hydrogens is 252 g/mol. The fourth-order valence-corrected chi connectivity index (χ4v) is 1.15. The van der Waals surface area contributed by atoms with Crippen LogP contribution < -0.4 is 5.73 Å². The van der Waals surface area contributed by atoms with E-state index in [1.165, 1.54) is 0 Å². The minimum absolute atomic E-state index is 0.304. The fourth-order valence-electron chi connectivity index (χ4n) is 1.15. The van der Waals surface area contributed by atoms with E-state index in [-0.39, 0.29) is 0 Å². The summed E-state index contributed by atoms with van der Waals surface area (Å²) in [4.78, 5) is 0. The summed E-state index contributed by atoms with van der Waals surface area (Å²) in [6, 6.07) is -1.49. The number of benzene rings is 1. The highest BCUT2D eigenvalue weighted by Gasteiger charge is 2.43. The fraction of sp³-hybridized carbons (Fsp3) is 0.333. The second-order valence-corrected chi connectivity index (χ2v) is 3.31. The number of halogens is 6. The summed E-state index contributed by atoms with van der Waals surface area (Å²) >= 11 is 0. The van der Waals surface area contributed by atoms with Crippen LogP contribution in [-0.2, 0) is 0 Å². The zero-order valence-electron chi connectivity index (χ0n) is 8.10. The van der Waals surface area contributed by atoms with Crippen LogP contribution in [0.15, 0.2) is 12.1 Å². The van der Waals surface area contributed by atoms with Crippen molar-refractivity contribution in [2.75, 3.05) is 0 Å². The topological polar surface area (TPSA) is 46.2 Å². The van der Waals surface area contributed by atoms with E-state index in [9.17, 15) is 26.3 Å². The molecule has 0 aliphatic heterocycles. The van der Waals surface area contributed by atoms with E-state index in [0.717, 1.165) is 0 Å². The Kier molecular flexibility index (Phi) is 3.68. The summed E-state index contributed by atoms with van der Waals surface area (Å²) in [5.41, 5.74) is 4.30. The zero-order valence-corrected chi connectivity index (χ0v) is 8.10. The van der Waals surface area contributed by atoms with Crippen molar-refractivity contribution in [3.8, 4) is 0 Å². The van der Waals surface area contributed by atoms with Gasteiger partial charge >= 0.3 is 6.18 Å². The number of rotatable bonds is 2. The van der Waals surface area contributed by atoms with E-state index in [0.29, 0.717) is 12.1 Å². The summed E-state index contributed by atoms with van der Waals surface area (Å²) in [5, 5.41) is 8.77. The van der Waals surface area contributed by atoms with E-state index in [1.807, 2.05) is 0 Å². The lowest BCUT2D eigenvalue weighted by atomic mass is 10.0. The van der Waals surface area contributed by atoms with Crippen molar-refractivity contribution in [3.63, 3.8) is 0 Å². The van der Waals surface area contributed by atoms with Crippen LogP contribution in [0, 0.1) is 17.5 Å². The van der Waals surface area contributed by atoms with Crippen LogP contribution in [0.4, 0.5) is 26.3 Å². The maximum Gasteiger partial charge on any atom is 0.416 e. The summed E-state index contributed by atoms with van der Waals surface area (Å²) in [6.07, 6.45) is -8.03. The highest BCUT2D eigenvalue weighted by Crippen LogP contribution is 2.29. The molecule has 0 heterocycles. The van der Waals surface area contributed by atoms with Crippen molar-refractivity contribution < 1.29 is 31.4 Å². The molecule has 0 aromatic heterocycles. The number of hydrogen-bond acceptors (Lipinski definition) is 2. The quantitative estimate of drug-likeness (QED) is 0.630. The predicted octanol–water partition coefficient (Wildman–Crippen LogP) is 2.03. The molecule has 0 unspecified atom stereocenters. The molecule has 1 aromatic rings. The minimum atomic E-state index is -5.04. The van der Waals surface area contributed by atoms with E-state index < -0.39 is 41.3 Å². The normalized spacial score (nSPS) is 15.8. The lowest BCUT2D eigenvalue weighted by Gasteiger charge is -2.21. The summed E-state index contributed by atoms with van der Waals surface area (Å²) in [7, 11) is 0. The van der Waals surface area contributed by atoms with E-state index in [4.69, 9.17) is 10.8 Å². The molecule has 2 nitrogen and oxygen atoms in total. The summed E-state index contributed by atoms with van der Waals surface area (Å²) in [6.45, 7) is 0. The van der Waals surface area contributed by atoms with E-state index >= 15 is 0 Å². The third kappa shape index (κ3) is 2.89. The van der Waals surface area contributed by atoms with Gasteiger partial charge in [-0.25, -0.2) is 13.2 Å². The van der Waals surface area contributed by atoms with Crippen molar-refractivity contribution >= 4 is 0 Å². The molecule has 0 radical (unpaired) electrons. The lowest BCUT2D eigenvalue weighted by molar-refractivity contribution is -0.210. The zero-order chi connectivity index (χ0) is 13.4. The van der Waals surface area contributed by atoms with Gasteiger partial charge in [-0.3, -0.25) is 0 Å². The Morgan fingerprint density at radius 2 is 1.47 bits per heavy atom. The highest BCUT2D eigenvalue weighted by atomic mass is 19.4. The SMILES string of the molecule is N[C@H](c1cc(F)c(F)c(F)c1)[C@@H](O)C(F)(F)F. The first-order valence-electron chi connectivity index (χ1n) is 4.29. The largest absolute Gasteiger partial charge is 0.416 e. The van der Waals surface area contributed by atoms with Crippen LogP contribution in [0.1, 0.15) is 11.6 Å². The number of aliphatic hydroxyl groups is 1. The van der Waals surface area contributed by atoms with Crippen LogP contribution in [-0.4, -0.2) is 17.4 Å². The Labute approximate surface area is 91.7 Å². The van der Waals surface area contributed by atoms with Crippen molar-refractivity contribution in [1.82, 2.24) is 0 Å². The predicted molar refractivity (Wildman–Crippen MR) is 45.3 cm³/mol. The summed E-state index contributed by atoms with van der Waals surface area (Å²) in [5.74, 6) is -5.17. The Balaban J connectivity index is 3.09. The van der Waals surface area contributed by atoms with E-state index in [1.54, 1.807) is 0 Å². The molecule has 17 heavy (non-hydrogen) atoms. The smallest absolute Gasteiger partial charge is 0.382 e. The van der Waals surface area contributed by atoms with Gasteiger partial charge in [-0.15, -0.1) is 0 Å². The van der Waals surface area contributed by atoms with E-state index in [2.05, 4.69) is 0 Å². The number of alkyl halides is 3.